The van der Waals surface area contributed by atoms with E-state index in [-0.39, 0.29) is 11.5 Å². The summed E-state index contributed by atoms with van der Waals surface area (Å²) in [5, 5.41) is 0.792. The van der Waals surface area contributed by atoms with Crippen LogP contribution in [0.5, 0.6) is 5.75 Å². The molecule has 0 unspecified atom stereocenters. The van der Waals surface area contributed by atoms with Gasteiger partial charge in [0.05, 0.1) is 5.75 Å². The number of benzene rings is 2. The Hall–Kier alpha value is -2.60. The summed E-state index contributed by atoms with van der Waals surface area (Å²) >= 11 is 0. The van der Waals surface area contributed by atoms with E-state index >= 15 is 0 Å². The lowest BCUT2D eigenvalue weighted by Crippen LogP contribution is -2.15. The van der Waals surface area contributed by atoms with Crippen LogP contribution in [0.25, 0.3) is 11.0 Å². The van der Waals surface area contributed by atoms with Crippen LogP contribution in [-0.4, -0.2) is 14.2 Å². The van der Waals surface area contributed by atoms with E-state index in [0.717, 1.165) is 29.4 Å². The first kappa shape index (κ1) is 18.2. The summed E-state index contributed by atoms with van der Waals surface area (Å²) in [6.45, 7) is 2.03. The molecule has 0 aliphatic carbocycles. The zero-order chi connectivity index (χ0) is 18.6. The molecule has 136 valence electrons. The summed E-state index contributed by atoms with van der Waals surface area (Å²) in [5.74, 6) is 0.0110. The minimum atomic E-state index is -3.75. The number of hydrogen-bond acceptors (Lipinski definition) is 5. The van der Waals surface area contributed by atoms with E-state index < -0.39 is 15.7 Å². The van der Waals surface area contributed by atoms with Gasteiger partial charge in [-0.3, -0.25) is 0 Å². The molecule has 2 aromatic carbocycles. The molecule has 0 aliphatic heterocycles. The van der Waals surface area contributed by atoms with Crippen LogP contribution in [0.15, 0.2) is 63.8 Å². The molecule has 3 aromatic rings. The van der Waals surface area contributed by atoms with Crippen LogP contribution in [-0.2, 0) is 23.0 Å². The Morgan fingerprint density at radius 3 is 2.50 bits per heavy atom. The predicted molar refractivity (Wildman–Crippen MR) is 101 cm³/mol. The van der Waals surface area contributed by atoms with Gasteiger partial charge >= 0.3 is 15.7 Å². The molecular weight excluding hydrogens is 352 g/mol. The second kappa shape index (κ2) is 7.74. The maximum atomic E-state index is 12.2. The summed E-state index contributed by atoms with van der Waals surface area (Å²) in [6.07, 6.45) is 2.01. The molecule has 0 radical (unpaired) electrons. The molecule has 1 heterocycles. The third-order valence-electron chi connectivity index (χ3n) is 4.03. The van der Waals surface area contributed by atoms with Crippen molar-refractivity contribution in [3.8, 4) is 5.75 Å². The maximum Gasteiger partial charge on any atom is 0.336 e. The van der Waals surface area contributed by atoms with Crippen LogP contribution >= 0.6 is 0 Å². The normalized spacial score (nSPS) is 11.6. The largest absolute Gasteiger partial charge is 0.423 e. The number of aryl methyl sites for hydroxylation is 2. The molecule has 0 spiro atoms. The first-order valence-electron chi connectivity index (χ1n) is 8.50. The molecule has 26 heavy (non-hydrogen) atoms. The van der Waals surface area contributed by atoms with Crippen molar-refractivity contribution in [1.29, 1.82) is 0 Å². The highest BCUT2D eigenvalue weighted by atomic mass is 32.2. The maximum absolute atomic E-state index is 12.2. The van der Waals surface area contributed by atoms with E-state index in [1.54, 1.807) is 12.1 Å². The number of fused-ring (bicyclic) bond motifs is 1. The van der Waals surface area contributed by atoms with Crippen LogP contribution in [0.3, 0.4) is 0 Å². The summed E-state index contributed by atoms with van der Waals surface area (Å²) < 4.78 is 34.8. The van der Waals surface area contributed by atoms with Gasteiger partial charge in [0.1, 0.15) is 11.3 Å². The van der Waals surface area contributed by atoms with Crippen molar-refractivity contribution in [2.75, 3.05) is 5.75 Å². The second-order valence-corrected chi connectivity index (χ2v) is 7.77. The van der Waals surface area contributed by atoms with Crippen LogP contribution in [0.4, 0.5) is 0 Å². The van der Waals surface area contributed by atoms with E-state index in [2.05, 4.69) is 0 Å². The molecule has 0 bridgehead atoms. The van der Waals surface area contributed by atoms with Crippen molar-refractivity contribution in [1.82, 2.24) is 0 Å². The fourth-order valence-corrected chi connectivity index (χ4v) is 3.78. The molecular formula is C20H20O5S. The lowest BCUT2D eigenvalue weighted by atomic mass is 10.1. The third kappa shape index (κ3) is 4.52. The predicted octanol–water partition coefficient (Wildman–Crippen LogP) is 3.70. The van der Waals surface area contributed by atoms with Gasteiger partial charge in [-0.15, -0.1) is 0 Å². The minimum absolute atomic E-state index is 0.130. The Balaban J connectivity index is 1.80. The first-order chi connectivity index (χ1) is 12.5. The molecule has 0 saturated heterocycles. The van der Waals surface area contributed by atoms with Gasteiger partial charge in [-0.2, -0.15) is 8.42 Å². The van der Waals surface area contributed by atoms with Gasteiger partial charge < -0.3 is 8.60 Å². The van der Waals surface area contributed by atoms with Crippen molar-refractivity contribution < 1.29 is 17.0 Å². The van der Waals surface area contributed by atoms with Crippen molar-refractivity contribution in [2.24, 2.45) is 0 Å². The Morgan fingerprint density at radius 1 is 1.00 bits per heavy atom. The monoisotopic (exact) mass is 372 g/mol. The molecule has 5 nitrogen and oxygen atoms in total. The Morgan fingerprint density at radius 2 is 1.77 bits per heavy atom. The Bertz CT molecular complexity index is 1050. The van der Waals surface area contributed by atoms with Crippen molar-refractivity contribution >= 4 is 21.1 Å². The van der Waals surface area contributed by atoms with E-state index in [9.17, 15) is 13.2 Å². The SMILES string of the molecule is CCCc1cc(=O)oc2cc(OS(=O)(=O)CCc3ccccc3)ccc12. The molecule has 0 amide bonds. The van der Waals surface area contributed by atoms with Crippen LogP contribution in [0, 0.1) is 0 Å². The van der Waals surface area contributed by atoms with E-state index in [4.69, 9.17) is 8.60 Å². The molecule has 0 aliphatic rings. The van der Waals surface area contributed by atoms with E-state index in [1.165, 1.54) is 12.1 Å². The molecule has 0 fully saturated rings. The highest BCUT2D eigenvalue weighted by Crippen LogP contribution is 2.24. The Kier molecular flexibility index (Phi) is 5.42. The lowest BCUT2D eigenvalue weighted by molar-refractivity contribution is 0.484. The van der Waals surface area contributed by atoms with Gasteiger partial charge in [-0.05, 0) is 36.1 Å². The number of hydrogen-bond donors (Lipinski definition) is 0. The van der Waals surface area contributed by atoms with E-state index in [0.29, 0.717) is 12.0 Å². The van der Waals surface area contributed by atoms with E-state index in [1.807, 2.05) is 37.3 Å². The zero-order valence-electron chi connectivity index (χ0n) is 14.5. The molecule has 0 saturated carbocycles. The molecule has 6 heteroatoms. The zero-order valence-corrected chi connectivity index (χ0v) is 15.3. The van der Waals surface area contributed by atoms with Crippen LogP contribution in [0.2, 0.25) is 0 Å². The number of rotatable bonds is 7. The van der Waals surface area contributed by atoms with Gasteiger partial charge in [0.2, 0.25) is 0 Å². The van der Waals surface area contributed by atoms with Gasteiger partial charge in [-0.25, -0.2) is 4.79 Å². The topological polar surface area (TPSA) is 73.6 Å². The molecule has 1 aromatic heterocycles. The quantitative estimate of drug-likeness (QED) is 0.467. The second-order valence-electron chi connectivity index (χ2n) is 6.08. The summed E-state index contributed by atoms with van der Waals surface area (Å²) in [4.78, 5) is 11.7. The standard InChI is InChI=1S/C20H20O5S/c1-2-6-16-13-20(21)24-19-14-17(9-10-18(16)19)25-26(22,23)12-11-15-7-4-3-5-8-15/h3-5,7-10,13-14H,2,6,11-12H2,1H3. The van der Waals surface area contributed by atoms with Crippen LogP contribution in [0.1, 0.15) is 24.5 Å². The van der Waals surface area contributed by atoms with Crippen molar-refractivity contribution in [3.63, 3.8) is 0 Å². The van der Waals surface area contributed by atoms with Crippen molar-refractivity contribution in [3.05, 3.63) is 76.1 Å². The summed E-state index contributed by atoms with van der Waals surface area (Å²) in [7, 11) is -3.75. The van der Waals surface area contributed by atoms with Gasteiger partial charge in [0.25, 0.3) is 0 Å². The third-order valence-corrected chi connectivity index (χ3v) is 5.18. The van der Waals surface area contributed by atoms with Crippen molar-refractivity contribution in [2.45, 2.75) is 26.2 Å². The fraction of sp³-hybridized carbons (Fsp3) is 0.250. The Labute approximate surface area is 152 Å². The molecule has 3 rings (SSSR count). The molecule has 0 atom stereocenters. The minimum Gasteiger partial charge on any atom is -0.423 e. The highest BCUT2D eigenvalue weighted by molar-refractivity contribution is 7.87. The van der Waals surface area contributed by atoms with Crippen LogP contribution < -0.4 is 9.81 Å². The summed E-state index contributed by atoms with van der Waals surface area (Å²) in [5.41, 5.74) is 1.69. The first-order valence-corrected chi connectivity index (χ1v) is 10.1. The van der Waals surface area contributed by atoms with Gasteiger partial charge in [-0.1, -0.05) is 43.7 Å². The smallest absolute Gasteiger partial charge is 0.336 e. The lowest BCUT2D eigenvalue weighted by Gasteiger charge is -2.09. The van der Waals surface area contributed by atoms with Gasteiger partial charge in [0, 0.05) is 17.5 Å². The van der Waals surface area contributed by atoms with Gasteiger partial charge in [0.15, 0.2) is 0 Å². The summed E-state index contributed by atoms with van der Waals surface area (Å²) in [6, 6.07) is 15.6. The average Bonchev–Trinajstić information content (AvgIpc) is 2.60. The molecule has 0 N–H and O–H groups in total. The highest BCUT2D eigenvalue weighted by Gasteiger charge is 2.15. The average molecular weight is 372 g/mol. The fourth-order valence-electron chi connectivity index (χ4n) is 2.81.